The van der Waals surface area contributed by atoms with Crippen LogP contribution in [0.1, 0.15) is 38.5 Å². The van der Waals surface area contributed by atoms with Crippen LogP contribution in [0.4, 0.5) is 9.59 Å². The van der Waals surface area contributed by atoms with Gasteiger partial charge in [0.1, 0.15) is 6.54 Å². The number of carbonyl (C=O) groups is 3. The van der Waals surface area contributed by atoms with Crippen molar-refractivity contribution >= 4 is 18.7 Å². The molecular formula is C16H28N4O6. The van der Waals surface area contributed by atoms with Gasteiger partial charge in [-0.25, -0.2) is 9.59 Å². The Morgan fingerprint density at radius 2 is 1.69 bits per heavy atom. The second-order valence-corrected chi connectivity index (χ2v) is 6.32. The van der Waals surface area contributed by atoms with Crippen molar-refractivity contribution < 1.29 is 28.8 Å². The van der Waals surface area contributed by atoms with Crippen LogP contribution in [0.2, 0.25) is 0 Å². The zero-order valence-electron chi connectivity index (χ0n) is 15.2. The van der Waals surface area contributed by atoms with Gasteiger partial charge in [-0.1, -0.05) is 12.8 Å². The lowest BCUT2D eigenvalue weighted by molar-refractivity contribution is -0.184. The standard InChI is InChI=1S/C16H28N4O6/c1-17-15(22)25-20(16(23)26-19-10-6-3-7-11-19)12-14(24-13-21)18-8-4-2-5-9-18/h13-14H,2-12H2,1H3,(H,17,22). The molecule has 1 unspecified atom stereocenters. The molecule has 1 N–H and O–H groups in total. The van der Waals surface area contributed by atoms with Gasteiger partial charge < -0.3 is 19.7 Å². The second-order valence-electron chi connectivity index (χ2n) is 6.32. The first-order valence-electron chi connectivity index (χ1n) is 9.11. The molecule has 0 saturated carbocycles. The van der Waals surface area contributed by atoms with E-state index in [4.69, 9.17) is 14.4 Å². The molecule has 2 aliphatic heterocycles. The molecule has 0 spiro atoms. The predicted octanol–water partition coefficient (Wildman–Crippen LogP) is 1.08. The summed E-state index contributed by atoms with van der Waals surface area (Å²) >= 11 is 0. The first-order valence-corrected chi connectivity index (χ1v) is 9.11. The average Bonchev–Trinajstić information content (AvgIpc) is 2.68. The van der Waals surface area contributed by atoms with Crippen molar-refractivity contribution in [2.45, 2.75) is 44.8 Å². The summed E-state index contributed by atoms with van der Waals surface area (Å²) < 4.78 is 5.14. The number of nitrogens with one attached hydrogen (secondary N) is 1. The monoisotopic (exact) mass is 372 g/mol. The third-order valence-electron chi connectivity index (χ3n) is 4.46. The lowest BCUT2D eigenvalue weighted by Gasteiger charge is -2.35. The van der Waals surface area contributed by atoms with Crippen LogP contribution in [-0.2, 0) is 19.2 Å². The number of nitrogens with zero attached hydrogens (tertiary/aromatic N) is 3. The van der Waals surface area contributed by atoms with E-state index >= 15 is 0 Å². The highest BCUT2D eigenvalue weighted by Gasteiger charge is 2.31. The van der Waals surface area contributed by atoms with E-state index in [-0.39, 0.29) is 6.54 Å². The predicted molar refractivity (Wildman–Crippen MR) is 90.5 cm³/mol. The SMILES string of the molecule is CNC(=O)ON(CC(OC=O)N1CCCCC1)C(=O)ON1CCCCC1. The highest BCUT2D eigenvalue weighted by atomic mass is 16.8. The van der Waals surface area contributed by atoms with Gasteiger partial charge in [-0.15, -0.1) is 10.1 Å². The van der Waals surface area contributed by atoms with Crippen molar-refractivity contribution in [2.24, 2.45) is 0 Å². The molecule has 26 heavy (non-hydrogen) atoms. The summed E-state index contributed by atoms with van der Waals surface area (Å²) in [4.78, 5) is 47.3. The number of amides is 2. The minimum Gasteiger partial charge on any atom is -0.446 e. The summed E-state index contributed by atoms with van der Waals surface area (Å²) in [5.41, 5.74) is 0. The first-order chi connectivity index (χ1) is 12.6. The van der Waals surface area contributed by atoms with Gasteiger partial charge >= 0.3 is 12.2 Å². The summed E-state index contributed by atoms with van der Waals surface area (Å²) in [6.07, 6.45) is 3.72. The molecule has 0 aliphatic carbocycles. The normalized spacial score (nSPS) is 19.9. The van der Waals surface area contributed by atoms with E-state index in [1.165, 1.54) is 7.05 Å². The Balaban J connectivity index is 2.01. The van der Waals surface area contributed by atoms with Crippen LogP contribution in [0.3, 0.4) is 0 Å². The largest absolute Gasteiger partial charge is 0.462 e. The van der Waals surface area contributed by atoms with Crippen molar-refractivity contribution in [2.75, 3.05) is 39.8 Å². The van der Waals surface area contributed by atoms with Gasteiger partial charge in [-0.05, 0) is 25.7 Å². The number of hydrogen-bond acceptors (Lipinski definition) is 8. The topological polar surface area (TPSA) is 101 Å². The van der Waals surface area contributed by atoms with Crippen LogP contribution in [-0.4, -0.2) is 79.7 Å². The maximum absolute atomic E-state index is 12.5. The molecule has 1 atom stereocenters. The summed E-state index contributed by atoms with van der Waals surface area (Å²) in [5.74, 6) is 0. The molecule has 0 aromatic carbocycles. The van der Waals surface area contributed by atoms with E-state index in [0.717, 1.165) is 56.7 Å². The number of carbonyl (C=O) groups excluding carboxylic acids is 3. The minimum atomic E-state index is -0.813. The molecule has 2 aliphatic rings. The highest BCUT2D eigenvalue weighted by Crippen LogP contribution is 2.15. The van der Waals surface area contributed by atoms with Crippen LogP contribution in [0.5, 0.6) is 0 Å². The van der Waals surface area contributed by atoms with Crippen molar-refractivity contribution in [3.8, 4) is 0 Å². The van der Waals surface area contributed by atoms with Crippen LogP contribution in [0.25, 0.3) is 0 Å². The van der Waals surface area contributed by atoms with Crippen LogP contribution in [0, 0.1) is 0 Å². The third kappa shape index (κ3) is 6.34. The summed E-state index contributed by atoms with van der Waals surface area (Å²) in [6.45, 7) is 2.98. The smallest absolute Gasteiger partial charge is 0.446 e. The number of hydrogen-bond donors (Lipinski definition) is 1. The summed E-state index contributed by atoms with van der Waals surface area (Å²) in [5, 5.41) is 4.65. The first kappa shape index (κ1) is 20.2. The number of piperidine rings is 2. The van der Waals surface area contributed by atoms with Gasteiger partial charge in [0.25, 0.3) is 6.47 Å². The summed E-state index contributed by atoms with van der Waals surface area (Å²) in [6, 6.07) is 0. The fourth-order valence-corrected chi connectivity index (χ4v) is 3.06. The molecule has 0 aromatic rings. The molecule has 2 amide bonds. The zero-order chi connectivity index (χ0) is 18.8. The molecular weight excluding hydrogens is 344 g/mol. The number of hydroxylamine groups is 4. The van der Waals surface area contributed by atoms with E-state index < -0.39 is 18.4 Å². The Labute approximate surface area is 153 Å². The highest BCUT2D eigenvalue weighted by molar-refractivity contribution is 5.71. The Morgan fingerprint density at radius 1 is 1.08 bits per heavy atom. The van der Waals surface area contributed by atoms with Gasteiger partial charge in [0.2, 0.25) is 0 Å². The van der Waals surface area contributed by atoms with Crippen molar-refractivity contribution in [1.82, 2.24) is 20.3 Å². The maximum Gasteiger partial charge on any atom is 0.462 e. The van der Waals surface area contributed by atoms with Crippen molar-refractivity contribution in [3.05, 3.63) is 0 Å². The van der Waals surface area contributed by atoms with Crippen LogP contribution in [0.15, 0.2) is 0 Å². The van der Waals surface area contributed by atoms with E-state index in [1.54, 1.807) is 5.06 Å². The minimum absolute atomic E-state index is 0.126. The molecule has 0 radical (unpaired) electrons. The molecule has 10 nitrogen and oxygen atoms in total. The van der Waals surface area contributed by atoms with E-state index in [1.807, 2.05) is 4.90 Å². The average molecular weight is 372 g/mol. The molecule has 148 valence electrons. The number of ether oxygens (including phenoxy) is 1. The molecule has 0 aromatic heterocycles. The lowest BCUT2D eigenvalue weighted by atomic mass is 10.1. The van der Waals surface area contributed by atoms with Gasteiger partial charge in [0, 0.05) is 33.2 Å². The van der Waals surface area contributed by atoms with Gasteiger partial charge in [-0.2, -0.15) is 0 Å². The molecule has 0 bridgehead atoms. The van der Waals surface area contributed by atoms with Crippen molar-refractivity contribution in [3.63, 3.8) is 0 Å². The molecule has 2 rings (SSSR count). The van der Waals surface area contributed by atoms with Crippen LogP contribution < -0.4 is 5.32 Å². The number of rotatable bonds is 6. The van der Waals surface area contributed by atoms with Crippen molar-refractivity contribution in [1.29, 1.82) is 0 Å². The van der Waals surface area contributed by atoms with Gasteiger partial charge in [0.15, 0.2) is 6.23 Å². The van der Waals surface area contributed by atoms with E-state index in [0.29, 0.717) is 19.6 Å². The molecule has 2 fully saturated rings. The third-order valence-corrected chi connectivity index (χ3v) is 4.46. The van der Waals surface area contributed by atoms with E-state index in [9.17, 15) is 14.4 Å². The summed E-state index contributed by atoms with van der Waals surface area (Å²) in [7, 11) is 1.39. The van der Waals surface area contributed by atoms with Gasteiger partial charge in [-0.3, -0.25) is 9.69 Å². The fraction of sp³-hybridized carbons (Fsp3) is 0.812. The molecule has 10 heteroatoms. The second kappa shape index (κ2) is 10.8. The Bertz CT molecular complexity index is 466. The lowest BCUT2D eigenvalue weighted by Crippen LogP contribution is -2.51. The van der Waals surface area contributed by atoms with E-state index in [2.05, 4.69) is 5.32 Å². The molecule has 2 saturated heterocycles. The maximum atomic E-state index is 12.5. The van der Waals surface area contributed by atoms with Crippen LogP contribution >= 0.6 is 0 Å². The zero-order valence-corrected chi connectivity index (χ0v) is 15.2. The van der Waals surface area contributed by atoms with Gasteiger partial charge in [0.05, 0.1) is 0 Å². The number of likely N-dealkylation sites (tertiary alicyclic amines) is 1. The quantitative estimate of drug-likeness (QED) is 0.546. The Kier molecular flexibility index (Phi) is 8.42. The Hall–Kier alpha value is -2.07. The Morgan fingerprint density at radius 3 is 2.27 bits per heavy atom. The molecule has 2 heterocycles. The fourth-order valence-electron chi connectivity index (χ4n) is 3.06.